The Morgan fingerprint density at radius 1 is 1.05 bits per heavy atom. The highest BCUT2D eigenvalue weighted by atomic mass is 19.2. The monoisotopic (exact) mass is 272 g/mol. The van der Waals surface area contributed by atoms with Crippen molar-refractivity contribution in [3.05, 3.63) is 47.7 Å². The second-order valence-corrected chi connectivity index (χ2v) is 3.56. The van der Waals surface area contributed by atoms with E-state index in [1.807, 2.05) is 0 Å². The lowest BCUT2D eigenvalue weighted by molar-refractivity contribution is 0.413. The standard InChI is InChI=1S/C12H8F4N2O/c1-19-10-4-6(13)2-3-9(10)17-12-8(15)5-7(14)11(16)18-12/h2-5H,1H3,(H,17,18). The van der Waals surface area contributed by atoms with E-state index in [4.69, 9.17) is 4.74 Å². The van der Waals surface area contributed by atoms with Gasteiger partial charge in [0.2, 0.25) is 0 Å². The minimum atomic E-state index is -1.44. The number of aromatic nitrogens is 1. The largest absolute Gasteiger partial charge is 0.494 e. The van der Waals surface area contributed by atoms with Crippen molar-refractivity contribution in [1.29, 1.82) is 0 Å². The summed E-state index contributed by atoms with van der Waals surface area (Å²) in [5.74, 6) is -4.92. The van der Waals surface area contributed by atoms with Gasteiger partial charge in [0.25, 0.3) is 5.95 Å². The van der Waals surface area contributed by atoms with Crippen molar-refractivity contribution in [1.82, 2.24) is 4.98 Å². The Morgan fingerprint density at radius 3 is 2.47 bits per heavy atom. The molecule has 0 saturated heterocycles. The first-order valence-corrected chi connectivity index (χ1v) is 5.13. The first-order chi connectivity index (χ1) is 9.01. The minimum absolute atomic E-state index is 0.0749. The van der Waals surface area contributed by atoms with Crippen LogP contribution in [0.2, 0.25) is 0 Å². The fraction of sp³-hybridized carbons (Fsp3) is 0.0833. The van der Waals surface area contributed by atoms with Crippen LogP contribution in [-0.2, 0) is 0 Å². The molecule has 0 aliphatic rings. The van der Waals surface area contributed by atoms with E-state index in [9.17, 15) is 17.6 Å². The second-order valence-electron chi connectivity index (χ2n) is 3.56. The zero-order valence-electron chi connectivity index (χ0n) is 9.68. The summed E-state index contributed by atoms with van der Waals surface area (Å²) in [7, 11) is 1.29. The van der Waals surface area contributed by atoms with Crippen LogP contribution in [0, 0.1) is 23.4 Å². The van der Waals surface area contributed by atoms with Gasteiger partial charge in [-0.25, -0.2) is 13.2 Å². The number of hydrogen-bond donors (Lipinski definition) is 1. The van der Waals surface area contributed by atoms with Gasteiger partial charge in [-0.15, -0.1) is 0 Å². The van der Waals surface area contributed by atoms with E-state index >= 15 is 0 Å². The Balaban J connectivity index is 2.39. The molecule has 0 bridgehead atoms. The first kappa shape index (κ1) is 13.1. The molecular weight excluding hydrogens is 264 g/mol. The SMILES string of the molecule is COc1cc(F)ccc1Nc1nc(F)c(F)cc1F. The van der Waals surface area contributed by atoms with Crippen molar-refractivity contribution in [2.75, 3.05) is 12.4 Å². The van der Waals surface area contributed by atoms with Crippen molar-refractivity contribution < 1.29 is 22.3 Å². The highest BCUT2D eigenvalue weighted by Crippen LogP contribution is 2.28. The van der Waals surface area contributed by atoms with Crippen molar-refractivity contribution in [2.45, 2.75) is 0 Å². The fourth-order valence-corrected chi connectivity index (χ4v) is 1.43. The summed E-state index contributed by atoms with van der Waals surface area (Å²) >= 11 is 0. The maximum atomic E-state index is 13.4. The summed E-state index contributed by atoms with van der Waals surface area (Å²) in [4.78, 5) is 3.09. The maximum absolute atomic E-state index is 13.4. The molecule has 0 radical (unpaired) electrons. The topological polar surface area (TPSA) is 34.1 Å². The van der Waals surface area contributed by atoms with Gasteiger partial charge in [0.1, 0.15) is 11.6 Å². The van der Waals surface area contributed by atoms with Crippen molar-refractivity contribution in [3.8, 4) is 5.75 Å². The Kier molecular flexibility index (Phi) is 3.55. The third kappa shape index (κ3) is 2.75. The van der Waals surface area contributed by atoms with E-state index in [2.05, 4.69) is 10.3 Å². The molecule has 2 rings (SSSR count). The molecule has 0 unspecified atom stereocenters. The van der Waals surface area contributed by atoms with Crippen LogP contribution in [0.1, 0.15) is 0 Å². The molecule has 0 atom stereocenters. The Hall–Kier alpha value is -2.31. The zero-order valence-corrected chi connectivity index (χ0v) is 9.68. The van der Waals surface area contributed by atoms with E-state index in [1.54, 1.807) is 0 Å². The number of rotatable bonds is 3. The summed E-state index contributed by atoms with van der Waals surface area (Å²) in [5, 5.41) is 2.40. The van der Waals surface area contributed by atoms with Crippen LogP contribution in [0.4, 0.5) is 29.1 Å². The van der Waals surface area contributed by atoms with Crippen LogP contribution < -0.4 is 10.1 Å². The van der Waals surface area contributed by atoms with Gasteiger partial charge >= 0.3 is 0 Å². The van der Waals surface area contributed by atoms with E-state index < -0.39 is 29.2 Å². The van der Waals surface area contributed by atoms with Gasteiger partial charge in [0.15, 0.2) is 17.5 Å². The average molecular weight is 272 g/mol. The van der Waals surface area contributed by atoms with E-state index in [-0.39, 0.29) is 11.4 Å². The molecule has 1 heterocycles. The average Bonchev–Trinajstić information content (AvgIpc) is 2.37. The van der Waals surface area contributed by atoms with Gasteiger partial charge in [-0.2, -0.15) is 9.37 Å². The summed E-state index contributed by atoms with van der Waals surface area (Å²) in [6, 6.07) is 3.78. The number of methoxy groups -OCH3 is 1. The maximum Gasteiger partial charge on any atom is 0.251 e. The molecule has 100 valence electrons. The molecule has 0 fully saturated rings. The second kappa shape index (κ2) is 5.13. The highest BCUT2D eigenvalue weighted by molar-refractivity contribution is 5.64. The molecule has 0 aliphatic heterocycles. The molecule has 1 aromatic carbocycles. The Bertz CT molecular complexity index is 619. The summed E-state index contributed by atoms with van der Waals surface area (Å²) in [6.07, 6.45) is 0. The molecule has 1 aromatic heterocycles. The van der Waals surface area contributed by atoms with Crippen molar-refractivity contribution in [2.24, 2.45) is 0 Å². The third-order valence-corrected chi connectivity index (χ3v) is 2.30. The van der Waals surface area contributed by atoms with E-state index in [0.717, 1.165) is 12.1 Å². The number of anilines is 2. The molecule has 3 nitrogen and oxygen atoms in total. The predicted octanol–water partition coefficient (Wildman–Crippen LogP) is 3.39. The van der Waals surface area contributed by atoms with Gasteiger partial charge in [0, 0.05) is 12.1 Å². The number of nitrogens with one attached hydrogen (secondary N) is 1. The smallest absolute Gasteiger partial charge is 0.251 e. The minimum Gasteiger partial charge on any atom is -0.494 e. The third-order valence-electron chi connectivity index (χ3n) is 2.30. The van der Waals surface area contributed by atoms with Crippen LogP contribution >= 0.6 is 0 Å². The van der Waals surface area contributed by atoms with Crippen LogP contribution in [0.5, 0.6) is 5.75 Å². The van der Waals surface area contributed by atoms with Crippen LogP contribution in [0.25, 0.3) is 0 Å². The molecule has 7 heteroatoms. The molecule has 0 saturated carbocycles. The van der Waals surface area contributed by atoms with E-state index in [0.29, 0.717) is 6.07 Å². The normalized spacial score (nSPS) is 10.4. The molecule has 19 heavy (non-hydrogen) atoms. The van der Waals surface area contributed by atoms with Crippen LogP contribution in [0.15, 0.2) is 24.3 Å². The first-order valence-electron chi connectivity index (χ1n) is 5.13. The fourth-order valence-electron chi connectivity index (χ4n) is 1.43. The van der Waals surface area contributed by atoms with E-state index in [1.165, 1.54) is 13.2 Å². The lowest BCUT2D eigenvalue weighted by Crippen LogP contribution is -2.03. The lowest BCUT2D eigenvalue weighted by atomic mass is 10.2. The Labute approximate surface area is 105 Å². The van der Waals surface area contributed by atoms with Gasteiger partial charge in [-0.05, 0) is 12.1 Å². The van der Waals surface area contributed by atoms with Gasteiger partial charge in [-0.3, -0.25) is 0 Å². The molecular formula is C12H8F4N2O. The molecule has 0 aliphatic carbocycles. The van der Waals surface area contributed by atoms with Gasteiger partial charge in [0.05, 0.1) is 12.8 Å². The number of pyridine rings is 1. The lowest BCUT2D eigenvalue weighted by Gasteiger charge is -2.11. The number of ether oxygens (including phenoxy) is 1. The zero-order chi connectivity index (χ0) is 14.0. The summed E-state index contributed by atoms with van der Waals surface area (Å²) in [6.45, 7) is 0. The number of benzene rings is 1. The molecule has 0 spiro atoms. The molecule has 1 N–H and O–H groups in total. The number of nitrogens with zero attached hydrogens (tertiary/aromatic N) is 1. The predicted molar refractivity (Wildman–Crippen MR) is 60.3 cm³/mol. The van der Waals surface area contributed by atoms with Crippen LogP contribution in [-0.4, -0.2) is 12.1 Å². The summed E-state index contributed by atoms with van der Waals surface area (Å²) in [5.41, 5.74) is 0.168. The van der Waals surface area contributed by atoms with Crippen molar-refractivity contribution >= 4 is 11.5 Å². The Morgan fingerprint density at radius 2 is 1.79 bits per heavy atom. The van der Waals surface area contributed by atoms with Gasteiger partial charge < -0.3 is 10.1 Å². The van der Waals surface area contributed by atoms with Crippen molar-refractivity contribution in [3.63, 3.8) is 0 Å². The number of halogens is 4. The number of hydrogen-bond acceptors (Lipinski definition) is 3. The summed E-state index contributed by atoms with van der Waals surface area (Å²) < 4.78 is 56.9. The molecule has 2 aromatic rings. The molecule has 0 amide bonds. The quantitative estimate of drug-likeness (QED) is 0.687. The van der Waals surface area contributed by atoms with Crippen LogP contribution in [0.3, 0.4) is 0 Å². The highest BCUT2D eigenvalue weighted by Gasteiger charge is 2.13. The van der Waals surface area contributed by atoms with Gasteiger partial charge in [-0.1, -0.05) is 0 Å².